The van der Waals surface area contributed by atoms with Crippen molar-refractivity contribution in [2.24, 2.45) is 27.0 Å². The molecule has 2 aliphatic heterocycles. The van der Waals surface area contributed by atoms with E-state index in [0.717, 1.165) is 5.84 Å². The van der Waals surface area contributed by atoms with E-state index >= 15 is 0 Å². The number of hydrogen-bond donors (Lipinski definition) is 1. The number of hydrogen-bond acceptors (Lipinski definition) is 6. The summed E-state index contributed by atoms with van der Waals surface area (Å²) in [6.45, 7) is 2.25. The second-order valence-corrected chi connectivity index (χ2v) is 8.59. The van der Waals surface area contributed by atoms with E-state index in [9.17, 15) is 0 Å². The van der Waals surface area contributed by atoms with Crippen LogP contribution in [0.1, 0.15) is 58.3 Å². The predicted molar refractivity (Wildman–Crippen MR) is 112 cm³/mol. The maximum atomic E-state index is 5.11. The molecule has 0 aromatic heterocycles. The minimum Gasteiger partial charge on any atom is -0.361 e. The molecule has 27 heavy (non-hydrogen) atoms. The Kier molecular flexibility index (Phi) is 5.50. The Morgan fingerprint density at radius 2 is 2.04 bits per heavy atom. The van der Waals surface area contributed by atoms with Crippen molar-refractivity contribution < 1.29 is 0 Å². The molecule has 2 heterocycles. The maximum absolute atomic E-state index is 5.11. The smallest absolute Gasteiger partial charge is 0.164 e. The lowest BCUT2D eigenvalue weighted by molar-refractivity contribution is 0.126. The Morgan fingerprint density at radius 3 is 2.74 bits per heavy atom. The van der Waals surface area contributed by atoms with Gasteiger partial charge in [0, 0.05) is 26.1 Å². The van der Waals surface area contributed by atoms with Crippen molar-refractivity contribution >= 4 is 17.8 Å². The van der Waals surface area contributed by atoms with Crippen molar-refractivity contribution in [2.75, 3.05) is 14.1 Å². The minimum absolute atomic E-state index is 0.132. The third-order valence-corrected chi connectivity index (χ3v) is 6.29. The fourth-order valence-corrected chi connectivity index (χ4v) is 4.86. The van der Waals surface area contributed by atoms with Gasteiger partial charge in [-0.05, 0) is 39.0 Å². The first-order valence-electron chi connectivity index (χ1n) is 10.7. The average Bonchev–Trinajstić information content (AvgIpc) is 3.27. The van der Waals surface area contributed by atoms with Gasteiger partial charge >= 0.3 is 0 Å². The van der Waals surface area contributed by atoms with Crippen LogP contribution in [0, 0.1) is 11.8 Å². The molecule has 0 spiro atoms. The van der Waals surface area contributed by atoms with Gasteiger partial charge in [0.1, 0.15) is 11.9 Å². The molecule has 0 aromatic carbocycles. The Morgan fingerprint density at radius 1 is 1.22 bits per heavy atom. The second-order valence-electron chi connectivity index (χ2n) is 8.59. The van der Waals surface area contributed by atoms with Crippen molar-refractivity contribution in [1.29, 1.82) is 0 Å². The van der Waals surface area contributed by atoms with Gasteiger partial charge in [0.25, 0.3) is 0 Å². The first-order chi connectivity index (χ1) is 13.1. The third-order valence-electron chi connectivity index (χ3n) is 6.29. The van der Waals surface area contributed by atoms with Crippen LogP contribution in [0.4, 0.5) is 0 Å². The second kappa shape index (κ2) is 8.03. The molecule has 2 aliphatic carbocycles. The van der Waals surface area contributed by atoms with Crippen molar-refractivity contribution in [1.82, 2.24) is 15.3 Å². The van der Waals surface area contributed by atoms with Gasteiger partial charge in [-0.15, -0.1) is 0 Å². The number of nitrogens with one attached hydrogen (secondary N) is 1. The fraction of sp³-hybridized carbons (Fsp3) is 0.762. The topological polar surface area (TPSA) is 55.6 Å². The van der Waals surface area contributed by atoms with Crippen molar-refractivity contribution in [3.05, 3.63) is 12.2 Å². The van der Waals surface area contributed by atoms with Gasteiger partial charge in [0.15, 0.2) is 6.17 Å². The molecular weight excluding hydrogens is 336 g/mol. The summed E-state index contributed by atoms with van der Waals surface area (Å²) >= 11 is 0. The summed E-state index contributed by atoms with van der Waals surface area (Å²) in [6.07, 6.45) is 17.0. The molecule has 0 radical (unpaired) electrons. The number of nitrogens with zero attached hydrogens (tertiary/aromatic N) is 5. The van der Waals surface area contributed by atoms with Gasteiger partial charge in [-0.1, -0.05) is 31.4 Å². The molecular formula is C21H34N6. The molecule has 0 bridgehead atoms. The van der Waals surface area contributed by atoms with Crippen LogP contribution in [-0.2, 0) is 0 Å². The van der Waals surface area contributed by atoms with Gasteiger partial charge in [0.2, 0.25) is 0 Å². The summed E-state index contributed by atoms with van der Waals surface area (Å²) in [7, 11) is 4.02. The number of fused-ring (bicyclic) bond motifs is 1. The van der Waals surface area contributed by atoms with Gasteiger partial charge in [-0.2, -0.15) is 10.2 Å². The molecule has 0 saturated heterocycles. The standard InChI is InChI=1S/C21H34N6/c1-15(19(25-26(2)3)16-10-6-4-7-11-16)20-23-18-14-22-27(21(18)24-20)17-12-8-5-9-13-17/h6,10,14-18,21H,4-5,7-9,11-13H2,1-3H3,(H,23,24)/b25-19+. The zero-order valence-corrected chi connectivity index (χ0v) is 17.0. The first kappa shape index (κ1) is 18.5. The highest BCUT2D eigenvalue weighted by Crippen LogP contribution is 2.31. The number of aliphatic imine (C=N–C) groups is 1. The molecule has 1 fully saturated rings. The van der Waals surface area contributed by atoms with Crippen LogP contribution >= 0.6 is 0 Å². The monoisotopic (exact) mass is 370 g/mol. The molecule has 0 aromatic rings. The Balaban J connectivity index is 1.52. The lowest BCUT2D eigenvalue weighted by Gasteiger charge is -2.32. The molecule has 1 saturated carbocycles. The summed E-state index contributed by atoms with van der Waals surface area (Å²) in [6, 6.07) is 0.772. The Hall–Kier alpha value is -1.85. The van der Waals surface area contributed by atoms with Crippen LogP contribution in [0.5, 0.6) is 0 Å². The molecule has 4 atom stereocenters. The lowest BCUT2D eigenvalue weighted by atomic mass is 9.85. The highest BCUT2D eigenvalue weighted by molar-refractivity contribution is 6.09. The van der Waals surface area contributed by atoms with E-state index in [4.69, 9.17) is 15.2 Å². The summed E-state index contributed by atoms with van der Waals surface area (Å²) in [5.41, 5.74) is 1.23. The van der Waals surface area contributed by atoms with Crippen LogP contribution in [0.25, 0.3) is 0 Å². The highest BCUT2D eigenvalue weighted by atomic mass is 15.6. The Bertz CT molecular complexity index is 643. The number of rotatable bonds is 5. The zero-order chi connectivity index (χ0) is 18.8. The van der Waals surface area contributed by atoms with E-state index in [-0.39, 0.29) is 18.1 Å². The summed E-state index contributed by atoms with van der Waals surface area (Å²) in [4.78, 5) is 5.11. The van der Waals surface area contributed by atoms with E-state index in [1.54, 1.807) is 0 Å². The largest absolute Gasteiger partial charge is 0.361 e. The molecule has 4 rings (SSSR count). The lowest BCUT2D eigenvalue weighted by Crippen LogP contribution is -2.44. The highest BCUT2D eigenvalue weighted by Gasteiger charge is 2.41. The van der Waals surface area contributed by atoms with E-state index in [1.807, 2.05) is 19.1 Å². The molecule has 0 amide bonds. The van der Waals surface area contributed by atoms with Crippen LogP contribution in [-0.4, -0.2) is 60.1 Å². The van der Waals surface area contributed by atoms with Gasteiger partial charge in [0.05, 0.1) is 17.8 Å². The van der Waals surface area contributed by atoms with E-state index < -0.39 is 0 Å². The maximum Gasteiger partial charge on any atom is 0.164 e. The van der Waals surface area contributed by atoms with E-state index in [0.29, 0.717) is 12.0 Å². The van der Waals surface area contributed by atoms with Crippen molar-refractivity contribution in [3.63, 3.8) is 0 Å². The molecule has 4 aliphatic rings. The quantitative estimate of drug-likeness (QED) is 0.459. The van der Waals surface area contributed by atoms with E-state index in [2.05, 4.69) is 35.6 Å². The Labute approximate surface area is 163 Å². The van der Waals surface area contributed by atoms with Crippen molar-refractivity contribution in [2.45, 2.75) is 76.5 Å². The number of allylic oxidation sites excluding steroid dienone is 2. The van der Waals surface area contributed by atoms with Gasteiger partial charge in [-0.25, -0.2) is 4.99 Å². The van der Waals surface area contributed by atoms with Crippen LogP contribution in [0.2, 0.25) is 0 Å². The van der Waals surface area contributed by atoms with Gasteiger partial charge < -0.3 is 10.3 Å². The molecule has 6 nitrogen and oxygen atoms in total. The molecule has 148 valence electrons. The molecule has 1 N–H and O–H groups in total. The normalized spacial score (nSPS) is 32.3. The van der Waals surface area contributed by atoms with Crippen LogP contribution in [0.15, 0.2) is 27.3 Å². The van der Waals surface area contributed by atoms with Crippen LogP contribution < -0.4 is 5.32 Å². The molecule has 4 unspecified atom stereocenters. The van der Waals surface area contributed by atoms with Crippen LogP contribution in [0.3, 0.4) is 0 Å². The number of hydrazone groups is 2. The van der Waals surface area contributed by atoms with Crippen molar-refractivity contribution in [3.8, 4) is 0 Å². The van der Waals surface area contributed by atoms with E-state index in [1.165, 1.54) is 57.1 Å². The zero-order valence-electron chi connectivity index (χ0n) is 17.0. The fourth-order valence-electron chi connectivity index (χ4n) is 4.86. The average molecular weight is 371 g/mol. The predicted octanol–water partition coefficient (Wildman–Crippen LogP) is 3.23. The number of amidine groups is 1. The first-order valence-corrected chi connectivity index (χ1v) is 10.7. The minimum atomic E-state index is 0.132. The summed E-state index contributed by atoms with van der Waals surface area (Å²) < 4.78 is 0. The summed E-state index contributed by atoms with van der Waals surface area (Å²) in [5.74, 6) is 1.70. The SMILES string of the molecule is CC(C1=NC2C(C=NN2C2CCCCC2)N1)/C(=N\N(C)C)C1C=CCCC1. The van der Waals surface area contributed by atoms with Gasteiger partial charge in [-0.3, -0.25) is 5.01 Å². The third kappa shape index (κ3) is 3.90. The summed E-state index contributed by atoms with van der Waals surface area (Å²) in [5, 5.41) is 17.4. The molecule has 6 heteroatoms.